The van der Waals surface area contributed by atoms with E-state index < -0.39 is 0 Å². The van der Waals surface area contributed by atoms with E-state index in [1.54, 1.807) is 0 Å². The van der Waals surface area contributed by atoms with E-state index in [2.05, 4.69) is 100 Å². The Morgan fingerprint density at radius 2 is 1.35 bits per heavy atom. The van der Waals surface area contributed by atoms with E-state index in [4.69, 9.17) is 9.57 Å². The maximum Gasteiger partial charge on any atom is 0.309 e. The van der Waals surface area contributed by atoms with Gasteiger partial charge in [-0.2, -0.15) is 5.06 Å². The molecule has 248 valence electrons. The zero-order valence-electron chi connectivity index (χ0n) is 30.1. The fourth-order valence-corrected chi connectivity index (χ4v) is 6.90. The van der Waals surface area contributed by atoms with Crippen LogP contribution in [0.1, 0.15) is 170 Å². The zero-order valence-corrected chi connectivity index (χ0v) is 30.1. The van der Waals surface area contributed by atoms with Crippen LogP contribution in [0.2, 0.25) is 0 Å². The molecule has 1 fully saturated rings. The molecule has 1 unspecified atom stereocenters. The van der Waals surface area contributed by atoms with E-state index in [1.807, 2.05) is 0 Å². The number of carbonyl (C=O) groups is 1. The average molecular weight is 602 g/mol. The Labute approximate surface area is 265 Å². The molecule has 43 heavy (non-hydrogen) atoms. The number of nitrogens with zero attached hydrogens (tertiary/aromatic N) is 1. The van der Waals surface area contributed by atoms with E-state index in [0.29, 0.717) is 12.2 Å². The van der Waals surface area contributed by atoms with Crippen molar-refractivity contribution in [2.45, 2.75) is 188 Å². The number of phenolic OH excluding ortho intramolecular Hbond substituents is 1. The van der Waals surface area contributed by atoms with Crippen LogP contribution in [0.4, 0.5) is 0 Å². The standard InChI is InChI=1S/C38H67NO4/c1-13-15-17-18-19-20-22-42-39-37(9,10)26-30(27-38(39,11)12)43-34(41)29(21-16-14-2)23-28-24-31(35(3,4)5)33(40)32(25-28)36(6,7)8/h24-25,29-30,40H,13-23,26-27H2,1-12H3. The van der Waals surface area contributed by atoms with Crippen molar-refractivity contribution in [3.8, 4) is 5.75 Å². The minimum absolute atomic E-state index is 0.0887. The highest BCUT2D eigenvalue weighted by Gasteiger charge is 2.48. The molecule has 0 radical (unpaired) electrons. The third-order valence-electron chi connectivity index (χ3n) is 9.06. The molecule has 0 saturated carbocycles. The number of hydrogen-bond acceptors (Lipinski definition) is 5. The van der Waals surface area contributed by atoms with Gasteiger partial charge in [-0.15, -0.1) is 0 Å². The summed E-state index contributed by atoms with van der Waals surface area (Å²) in [4.78, 5) is 20.3. The Balaban J connectivity index is 2.18. The van der Waals surface area contributed by atoms with Crippen LogP contribution in [-0.2, 0) is 31.6 Å². The fourth-order valence-electron chi connectivity index (χ4n) is 6.90. The Bertz CT molecular complexity index is 961. The monoisotopic (exact) mass is 602 g/mol. The number of esters is 1. The number of phenols is 1. The lowest BCUT2D eigenvalue weighted by molar-refractivity contribution is -0.293. The van der Waals surface area contributed by atoms with Crippen molar-refractivity contribution >= 4 is 5.97 Å². The number of carbonyl (C=O) groups excluding carboxylic acids is 1. The average Bonchev–Trinajstić information content (AvgIpc) is 2.85. The van der Waals surface area contributed by atoms with Crippen LogP contribution >= 0.6 is 0 Å². The molecule has 1 aromatic carbocycles. The van der Waals surface area contributed by atoms with Gasteiger partial charge < -0.3 is 9.84 Å². The minimum Gasteiger partial charge on any atom is -0.507 e. The third kappa shape index (κ3) is 11.1. The van der Waals surface area contributed by atoms with Crippen molar-refractivity contribution in [3.05, 3.63) is 28.8 Å². The van der Waals surface area contributed by atoms with E-state index in [0.717, 1.165) is 61.8 Å². The summed E-state index contributed by atoms with van der Waals surface area (Å²) in [5.74, 6) is 0.0823. The lowest BCUT2D eigenvalue weighted by atomic mass is 9.77. The molecule has 1 aromatic rings. The summed E-state index contributed by atoms with van der Waals surface area (Å²) in [6.07, 6.45) is 12.3. The summed E-state index contributed by atoms with van der Waals surface area (Å²) in [5, 5.41) is 13.4. The number of rotatable bonds is 15. The summed E-state index contributed by atoms with van der Waals surface area (Å²) < 4.78 is 6.37. The normalized spacial score (nSPS) is 18.5. The molecular weight excluding hydrogens is 534 g/mol. The number of hydrogen-bond donors (Lipinski definition) is 1. The molecule has 5 heteroatoms. The molecule has 0 aliphatic carbocycles. The van der Waals surface area contributed by atoms with E-state index in [1.165, 1.54) is 32.1 Å². The van der Waals surface area contributed by atoms with Crippen LogP contribution in [0.5, 0.6) is 5.75 Å². The van der Waals surface area contributed by atoms with Crippen LogP contribution in [0.15, 0.2) is 12.1 Å². The molecule has 1 aliphatic rings. The first-order valence-corrected chi connectivity index (χ1v) is 17.3. The van der Waals surface area contributed by atoms with Gasteiger partial charge in [0.1, 0.15) is 11.9 Å². The van der Waals surface area contributed by atoms with Gasteiger partial charge in [-0.3, -0.25) is 9.63 Å². The number of hydroxylamine groups is 2. The highest BCUT2D eigenvalue weighted by molar-refractivity contribution is 5.73. The Morgan fingerprint density at radius 3 is 1.84 bits per heavy atom. The summed E-state index contributed by atoms with van der Waals surface area (Å²) >= 11 is 0. The van der Waals surface area contributed by atoms with Crippen molar-refractivity contribution in [2.75, 3.05) is 6.61 Å². The Morgan fingerprint density at radius 1 is 0.860 bits per heavy atom. The van der Waals surface area contributed by atoms with Crippen molar-refractivity contribution in [3.63, 3.8) is 0 Å². The molecule has 0 amide bonds. The van der Waals surface area contributed by atoms with Crippen LogP contribution in [0.3, 0.4) is 0 Å². The summed E-state index contributed by atoms with van der Waals surface area (Å²) in [5.41, 5.74) is 2.08. The van der Waals surface area contributed by atoms with Crippen molar-refractivity contribution in [2.24, 2.45) is 5.92 Å². The van der Waals surface area contributed by atoms with Gasteiger partial charge in [0.15, 0.2) is 0 Å². The first-order valence-electron chi connectivity index (χ1n) is 17.3. The molecule has 1 heterocycles. The van der Waals surface area contributed by atoms with Gasteiger partial charge in [0.25, 0.3) is 0 Å². The zero-order chi connectivity index (χ0) is 32.6. The predicted molar refractivity (Wildman–Crippen MR) is 181 cm³/mol. The van der Waals surface area contributed by atoms with Gasteiger partial charge in [0, 0.05) is 23.9 Å². The SMILES string of the molecule is CCCCCCCCON1C(C)(C)CC(OC(=O)C(CCCC)Cc2cc(C(C)(C)C)c(O)c(C(C)(C)C)c2)CC1(C)C. The molecule has 1 N–H and O–H groups in total. The van der Waals surface area contributed by atoms with Crippen LogP contribution in [-0.4, -0.2) is 39.9 Å². The second kappa shape index (κ2) is 15.6. The first kappa shape index (κ1) is 37.6. The smallest absolute Gasteiger partial charge is 0.309 e. The van der Waals surface area contributed by atoms with Crippen LogP contribution in [0.25, 0.3) is 0 Å². The molecule has 5 nitrogen and oxygen atoms in total. The first-order chi connectivity index (χ1) is 19.8. The minimum atomic E-state index is -0.242. The largest absolute Gasteiger partial charge is 0.507 e. The molecule has 1 saturated heterocycles. The molecule has 1 atom stereocenters. The number of aromatic hydroxyl groups is 1. The van der Waals surface area contributed by atoms with Crippen molar-refractivity contribution < 1.29 is 19.5 Å². The van der Waals surface area contributed by atoms with Crippen molar-refractivity contribution in [1.29, 1.82) is 0 Å². The highest BCUT2D eigenvalue weighted by atomic mass is 16.7. The Hall–Kier alpha value is -1.59. The van der Waals surface area contributed by atoms with Gasteiger partial charge in [0.05, 0.1) is 12.5 Å². The summed E-state index contributed by atoms with van der Waals surface area (Å²) in [6.45, 7) is 26.8. The van der Waals surface area contributed by atoms with E-state index in [-0.39, 0.29) is 39.9 Å². The number of piperidine rings is 1. The summed E-state index contributed by atoms with van der Waals surface area (Å²) in [6, 6.07) is 4.23. The molecule has 0 aromatic heterocycles. The van der Waals surface area contributed by atoms with Gasteiger partial charge in [-0.25, -0.2) is 0 Å². The van der Waals surface area contributed by atoms with Gasteiger partial charge >= 0.3 is 5.97 Å². The molecule has 2 rings (SSSR count). The molecule has 1 aliphatic heterocycles. The van der Waals surface area contributed by atoms with Crippen LogP contribution in [0, 0.1) is 5.92 Å². The number of unbranched alkanes of at least 4 members (excludes halogenated alkanes) is 6. The molecule has 0 spiro atoms. The fraction of sp³-hybridized carbons (Fsp3) is 0.816. The number of benzene rings is 1. The molecular formula is C38H67NO4. The van der Waals surface area contributed by atoms with E-state index in [9.17, 15) is 9.90 Å². The quantitative estimate of drug-likeness (QED) is 0.160. The topological polar surface area (TPSA) is 59.0 Å². The van der Waals surface area contributed by atoms with Gasteiger partial charge in [-0.05, 0) is 74.5 Å². The van der Waals surface area contributed by atoms with Crippen molar-refractivity contribution in [1.82, 2.24) is 5.06 Å². The lowest BCUT2D eigenvalue weighted by Crippen LogP contribution is -2.62. The second-order valence-corrected chi connectivity index (χ2v) is 16.6. The Kier molecular flexibility index (Phi) is 13.6. The lowest BCUT2D eigenvalue weighted by Gasteiger charge is -2.53. The predicted octanol–water partition coefficient (Wildman–Crippen LogP) is 10.2. The second-order valence-electron chi connectivity index (χ2n) is 16.6. The van der Waals surface area contributed by atoms with E-state index >= 15 is 0 Å². The summed E-state index contributed by atoms with van der Waals surface area (Å²) in [7, 11) is 0. The highest BCUT2D eigenvalue weighted by Crippen LogP contribution is 2.42. The maximum absolute atomic E-state index is 13.9. The van der Waals surface area contributed by atoms with Crippen LogP contribution < -0.4 is 0 Å². The number of ether oxygens (including phenoxy) is 1. The van der Waals surface area contributed by atoms with Gasteiger partial charge in [0.2, 0.25) is 0 Å². The molecule has 0 bridgehead atoms. The van der Waals surface area contributed by atoms with Gasteiger partial charge in [-0.1, -0.05) is 112 Å². The third-order valence-corrected chi connectivity index (χ3v) is 9.06. The maximum atomic E-state index is 13.9.